The van der Waals surface area contributed by atoms with Crippen LogP contribution in [0.25, 0.3) is 11.0 Å². The van der Waals surface area contributed by atoms with E-state index >= 15 is 0 Å². The highest BCUT2D eigenvalue weighted by Crippen LogP contribution is 2.42. The van der Waals surface area contributed by atoms with Crippen LogP contribution >= 0.6 is 0 Å². The molecule has 1 fully saturated rings. The largest absolute Gasteiger partial charge is 0.422 e. The Balaban J connectivity index is 1.72. The maximum Gasteiger partial charge on any atom is 0.343 e. The molecular formula is C20H18N2O3. The molecule has 0 saturated carbocycles. The van der Waals surface area contributed by atoms with Gasteiger partial charge in [-0.15, -0.1) is 0 Å². The van der Waals surface area contributed by atoms with E-state index in [1.54, 1.807) is 0 Å². The summed E-state index contributed by atoms with van der Waals surface area (Å²) in [6.45, 7) is 2.19. The van der Waals surface area contributed by atoms with Crippen molar-refractivity contribution in [2.24, 2.45) is 5.92 Å². The van der Waals surface area contributed by atoms with Crippen molar-refractivity contribution in [3.05, 3.63) is 76.1 Å². The van der Waals surface area contributed by atoms with Crippen molar-refractivity contribution in [1.29, 1.82) is 0 Å². The van der Waals surface area contributed by atoms with Gasteiger partial charge in [-0.1, -0.05) is 42.5 Å². The number of fused-ring (bicyclic) bond motifs is 5. The van der Waals surface area contributed by atoms with Crippen molar-refractivity contribution in [2.75, 3.05) is 18.1 Å². The first kappa shape index (κ1) is 14.7. The standard InChI is InChI=1S/C20H18N2O3/c23-20-17-18-14(12-24-21-18)11-22(10-13-6-2-1-3-7-13)19(17)15-8-4-5-9-16(15)25-20/h1-9,14,18,21H,10-12H2/t14-,18-/m1/s1. The Morgan fingerprint density at radius 3 is 2.76 bits per heavy atom. The molecular weight excluding hydrogens is 316 g/mol. The summed E-state index contributed by atoms with van der Waals surface area (Å²) in [5, 5.41) is 0.972. The fraction of sp³-hybridized carbons (Fsp3) is 0.250. The van der Waals surface area contributed by atoms with Gasteiger partial charge >= 0.3 is 5.63 Å². The van der Waals surface area contributed by atoms with Crippen molar-refractivity contribution < 1.29 is 9.25 Å². The van der Waals surface area contributed by atoms with Crippen LogP contribution in [0, 0.1) is 5.92 Å². The average molecular weight is 334 g/mol. The molecule has 0 spiro atoms. The third-order valence-corrected chi connectivity index (χ3v) is 5.10. The average Bonchev–Trinajstić information content (AvgIpc) is 3.10. The molecule has 5 heteroatoms. The van der Waals surface area contributed by atoms with Crippen LogP contribution < -0.4 is 16.0 Å². The fourth-order valence-electron chi connectivity index (χ4n) is 3.97. The Hall–Kier alpha value is -2.63. The van der Waals surface area contributed by atoms with E-state index in [1.807, 2.05) is 42.5 Å². The topological polar surface area (TPSA) is 54.7 Å². The highest BCUT2D eigenvalue weighted by atomic mass is 16.7. The Kier molecular flexibility index (Phi) is 3.36. The number of benzene rings is 2. The van der Waals surface area contributed by atoms with Gasteiger partial charge in [0.15, 0.2) is 0 Å². The summed E-state index contributed by atoms with van der Waals surface area (Å²) < 4.78 is 5.59. The minimum Gasteiger partial charge on any atom is -0.422 e. The number of nitrogens with zero attached hydrogens (tertiary/aromatic N) is 1. The first-order valence-electron chi connectivity index (χ1n) is 8.53. The lowest BCUT2D eigenvalue weighted by Gasteiger charge is -2.37. The van der Waals surface area contributed by atoms with E-state index in [0.29, 0.717) is 17.8 Å². The number of rotatable bonds is 2. The summed E-state index contributed by atoms with van der Waals surface area (Å²) >= 11 is 0. The summed E-state index contributed by atoms with van der Waals surface area (Å²) in [7, 11) is 0. The molecule has 2 aromatic carbocycles. The summed E-state index contributed by atoms with van der Waals surface area (Å²) in [4.78, 5) is 20.5. The molecule has 25 heavy (non-hydrogen) atoms. The molecule has 3 heterocycles. The number of hydrogen-bond acceptors (Lipinski definition) is 5. The number of anilines is 1. The van der Waals surface area contributed by atoms with Crippen LogP contribution in [0.2, 0.25) is 0 Å². The molecule has 1 saturated heterocycles. The minimum atomic E-state index is -0.278. The number of para-hydroxylation sites is 1. The third-order valence-electron chi connectivity index (χ3n) is 5.10. The van der Waals surface area contributed by atoms with Crippen molar-refractivity contribution >= 4 is 16.7 Å². The number of hydroxylamine groups is 1. The highest BCUT2D eigenvalue weighted by molar-refractivity contribution is 5.92. The van der Waals surface area contributed by atoms with Crippen LogP contribution in [-0.4, -0.2) is 13.2 Å². The molecule has 126 valence electrons. The van der Waals surface area contributed by atoms with Gasteiger partial charge in [0.2, 0.25) is 0 Å². The molecule has 3 aromatic rings. The summed E-state index contributed by atoms with van der Waals surface area (Å²) in [6.07, 6.45) is 0. The molecule has 2 aliphatic heterocycles. The fourth-order valence-corrected chi connectivity index (χ4v) is 3.97. The highest BCUT2D eigenvalue weighted by Gasteiger charge is 2.41. The van der Waals surface area contributed by atoms with E-state index in [4.69, 9.17) is 9.25 Å². The van der Waals surface area contributed by atoms with Gasteiger partial charge < -0.3 is 14.2 Å². The first-order chi connectivity index (χ1) is 12.3. The predicted molar refractivity (Wildman–Crippen MR) is 95.3 cm³/mol. The first-order valence-corrected chi connectivity index (χ1v) is 8.53. The quantitative estimate of drug-likeness (QED) is 0.730. The van der Waals surface area contributed by atoms with Crippen LogP contribution in [0.4, 0.5) is 5.69 Å². The molecule has 0 bridgehead atoms. The molecule has 0 aliphatic carbocycles. The Bertz CT molecular complexity index is 983. The predicted octanol–water partition coefficient (Wildman–Crippen LogP) is 3.01. The summed E-state index contributed by atoms with van der Waals surface area (Å²) in [5.74, 6) is 0.236. The van der Waals surface area contributed by atoms with E-state index in [0.717, 1.165) is 24.2 Å². The summed E-state index contributed by atoms with van der Waals surface area (Å²) in [5.41, 5.74) is 6.24. The molecule has 2 aliphatic rings. The van der Waals surface area contributed by atoms with E-state index in [2.05, 4.69) is 22.5 Å². The van der Waals surface area contributed by atoms with Crippen molar-refractivity contribution in [3.8, 4) is 0 Å². The van der Waals surface area contributed by atoms with Gasteiger partial charge in [0.25, 0.3) is 0 Å². The summed E-state index contributed by atoms with van der Waals surface area (Å²) in [6, 6.07) is 18.0. The van der Waals surface area contributed by atoms with Crippen LogP contribution in [0.3, 0.4) is 0 Å². The Morgan fingerprint density at radius 1 is 1.08 bits per heavy atom. The monoisotopic (exact) mass is 334 g/mol. The second-order valence-corrected chi connectivity index (χ2v) is 6.68. The number of nitrogens with one attached hydrogen (secondary N) is 1. The van der Waals surface area contributed by atoms with Crippen molar-refractivity contribution in [2.45, 2.75) is 12.6 Å². The lowest BCUT2D eigenvalue weighted by Crippen LogP contribution is -2.41. The zero-order chi connectivity index (χ0) is 16.8. The lowest BCUT2D eigenvalue weighted by molar-refractivity contribution is 0.0863. The van der Waals surface area contributed by atoms with Crippen molar-refractivity contribution in [3.63, 3.8) is 0 Å². The normalized spacial score (nSPS) is 22.0. The Labute approximate surface area is 144 Å². The zero-order valence-corrected chi connectivity index (χ0v) is 13.6. The zero-order valence-electron chi connectivity index (χ0n) is 13.6. The van der Waals surface area contributed by atoms with Gasteiger partial charge in [-0.05, 0) is 17.7 Å². The van der Waals surface area contributed by atoms with Gasteiger partial charge in [-0.3, -0.25) is 0 Å². The van der Waals surface area contributed by atoms with Crippen LogP contribution in [-0.2, 0) is 11.4 Å². The Morgan fingerprint density at radius 2 is 1.88 bits per heavy atom. The second kappa shape index (κ2) is 5.72. The van der Waals surface area contributed by atoms with E-state index in [9.17, 15) is 4.79 Å². The molecule has 1 aromatic heterocycles. The SMILES string of the molecule is O=c1oc2ccccc2c2c1[C@@H]1NOC[C@H]1CN2Cc1ccccc1. The van der Waals surface area contributed by atoms with Gasteiger partial charge in [0.1, 0.15) is 5.58 Å². The van der Waals surface area contributed by atoms with E-state index < -0.39 is 0 Å². The molecule has 0 amide bonds. The lowest BCUT2D eigenvalue weighted by atomic mass is 9.88. The molecule has 0 radical (unpaired) electrons. The maximum atomic E-state index is 12.7. The molecule has 5 nitrogen and oxygen atoms in total. The van der Waals surface area contributed by atoms with Crippen LogP contribution in [0.1, 0.15) is 17.2 Å². The number of hydrogen-bond donors (Lipinski definition) is 1. The third kappa shape index (κ3) is 2.35. The van der Waals surface area contributed by atoms with Crippen LogP contribution in [0.15, 0.2) is 63.8 Å². The van der Waals surface area contributed by atoms with Gasteiger partial charge in [0, 0.05) is 24.4 Å². The van der Waals surface area contributed by atoms with E-state index in [1.165, 1.54) is 5.56 Å². The second-order valence-electron chi connectivity index (χ2n) is 6.68. The van der Waals surface area contributed by atoms with E-state index in [-0.39, 0.29) is 17.6 Å². The van der Waals surface area contributed by atoms with Crippen molar-refractivity contribution in [1.82, 2.24) is 5.48 Å². The molecule has 5 rings (SSSR count). The van der Waals surface area contributed by atoms with Crippen LogP contribution in [0.5, 0.6) is 0 Å². The van der Waals surface area contributed by atoms with Gasteiger partial charge in [0.05, 0.1) is 23.9 Å². The minimum absolute atomic E-state index is 0.108. The molecule has 2 atom stereocenters. The maximum absolute atomic E-state index is 12.7. The van der Waals surface area contributed by atoms with Gasteiger partial charge in [-0.2, -0.15) is 5.48 Å². The van der Waals surface area contributed by atoms with Gasteiger partial charge in [-0.25, -0.2) is 4.79 Å². The molecule has 1 N–H and O–H groups in total. The smallest absolute Gasteiger partial charge is 0.343 e. The molecule has 0 unspecified atom stereocenters.